The van der Waals surface area contributed by atoms with E-state index >= 15 is 0 Å². The largest absolute Gasteiger partial charge is 0.394 e. The summed E-state index contributed by atoms with van der Waals surface area (Å²) in [6.07, 6.45) is 7.66. The standard InChI is InChI=1S/C12H24N2O2/c13-9-4-2-1-3-6-11(16)14-12(10-15)7-5-8-12/h15H,1-10,13H2,(H,14,16). The smallest absolute Gasteiger partial charge is 0.220 e. The molecule has 1 aliphatic rings. The highest BCUT2D eigenvalue weighted by molar-refractivity contribution is 5.76. The zero-order valence-corrected chi connectivity index (χ0v) is 10.0. The van der Waals surface area contributed by atoms with Crippen LogP contribution in [0.15, 0.2) is 0 Å². The Bertz CT molecular complexity index is 210. The van der Waals surface area contributed by atoms with Crippen LogP contribution in [0.25, 0.3) is 0 Å². The van der Waals surface area contributed by atoms with Gasteiger partial charge in [0.2, 0.25) is 5.91 Å². The highest BCUT2D eigenvalue weighted by Crippen LogP contribution is 2.31. The summed E-state index contributed by atoms with van der Waals surface area (Å²) in [5, 5.41) is 12.2. The molecule has 94 valence electrons. The third kappa shape index (κ3) is 4.10. The summed E-state index contributed by atoms with van der Waals surface area (Å²) in [5.41, 5.74) is 5.11. The number of carbonyl (C=O) groups is 1. The van der Waals surface area contributed by atoms with Crippen molar-refractivity contribution in [2.45, 2.75) is 56.9 Å². The van der Waals surface area contributed by atoms with Crippen LogP contribution >= 0.6 is 0 Å². The van der Waals surface area contributed by atoms with E-state index in [9.17, 15) is 9.90 Å². The van der Waals surface area contributed by atoms with Crippen LogP contribution in [-0.2, 0) is 4.79 Å². The third-order valence-electron chi connectivity index (χ3n) is 3.38. The molecule has 1 rings (SSSR count). The predicted molar refractivity (Wildman–Crippen MR) is 63.9 cm³/mol. The van der Waals surface area contributed by atoms with Gasteiger partial charge in [-0.25, -0.2) is 0 Å². The van der Waals surface area contributed by atoms with Crippen LogP contribution in [0.5, 0.6) is 0 Å². The number of carbonyl (C=O) groups excluding carboxylic acids is 1. The quantitative estimate of drug-likeness (QED) is 0.541. The van der Waals surface area contributed by atoms with Gasteiger partial charge in [0.05, 0.1) is 12.1 Å². The van der Waals surface area contributed by atoms with Crippen molar-refractivity contribution in [2.75, 3.05) is 13.2 Å². The molecule has 4 heteroatoms. The van der Waals surface area contributed by atoms with Gasteiger partial charge in [0, 0.05) is 6.42 Å². The van der Waals surface area contributed by atoms with E-state index in [0.29, 0.717) is 6.42 Å². The number of rotatable bonds is 8. The second-order valence-corrected chi connectivity index (χ2v) is 4.79. The second kappa shape index (κ2) is 6.86. The Hall–Kier alpha value is -0.610. The first-order chi connectivity index (χ1) is 7.72. The Morgan fingerprint density at radius 1 is 1.25 bits per heavy atom. The van der Waals surface area contributed by atoms with Crippen LogP contribution < -0.4 is 11.1 Å². The Kier molecular flexibility index (Phi) is 5.77. The molecule has 0 aliphatic heterocycles. The van der Waals surface area contributed by atoms with Gasteiger partial charge in [-0.2, -0.15) is 0 Å². The van der Waals surface area contributed by atoms with Gasteiger partial charge < -0.3 is 16.2 Å². The van der Waals surface area contributed by atoms with Gasteiger partial charge in [-0.05, 0) is 38.6 Å². The Labute approximate surface area is 97.6 Å². The molecule has 0 aromatic rings. The average molecular weight is 228 g/mol. The molecule has 1 amide bonds. The maximum absolute atomic E-state index is 11.6. The lowest BCUT2D eigenvalue weighted by atomic mass is 9.77. The number of hydrogen-bond donors (Lipinski definition) is 3. The van der Waals surface area contributed by atoms with Crippen molar-refractivity contribution in [3.8, 4) is 0 Å². The molecule has 4 N–H and O–H groups in total. The minimum Gasteiger partial charge on any atom is -0.394 e. The average Bonchev–Trinajstić information content (AvgIpc) is 2.23. The summed E-state index contributed by atoms with van der Waals surface area (Å²) in [5.74, 6) is 0.0847. The lowest BCUT2D eigenvalue weighted by molar-refractivity contribution is -0.125. The number of aliphatic hydroxyl groups is 1. The minimum atomic E-state index is -0.283. The molecule has 0 atom stereocenters. The van der Waals surface area contributed by atoms with E-state index in [1.165, 1.54) is 0 Å². The number of unbranched alkanes of at least 4 members (excludes halogenated alkanes) is 3. The molecule has 0 radical (unpaired) electrons. The van der Waals surface area contributed by atoms with E-state index in [-0.39, 0.29) is 18.1 Å². The fourth-order valence-electron chi connectivity index (χ4n) is 2.07. The number of hydrogen-bond acceptors (Lipinski definition) is 3. The SMILES string of the molecule is NCCCCCCC(=O)NC1(CO)CCC1. The summed E-state index contributed by atoms with van der Waals surface area (Å²) in [7, 11) is 0. The topological polar surface area (TPSA) is 75.4 Å². The van der Waals surface area contributed by atoms with Gasteiger partial charge in [0.25, 0.3) is 0 Å². The molecule has 0 heterocycles. The summed E-state index contributed by atoms with van der Waals surface area (Å²) < 4.78 is 0. The van der Waals surface area contributed by atoms with Gasteiger partial charge in [0.15, 0.2) is 0 Å². The number of nitrogens with one attached hydrogen (secondary N) is 1. The van der Waals surface area contributed by atoms with E-state index in [2.05, 4.69) is 5.32 Å². The lowest BCUT2D eigenvalue weighted by Gasteiger charge is -2.41. The van der Waals surface area contributed by atoms with Crippen molar-refractivity contribution < 1.29 is 9.90 Å². The van der Waals surface area contributed by atoms with Crippen LogP contribution in [0.2, 0.25) is 0 Å². The van der Waals surface area contributed by atoms with Crippen molar-refractivity contribution in [1.29, 1.82) is 0 Å². The fourth-order valence-corrected chi connectivity index (χ4v) is 2.07. The third-order valence-corrected chi connectivity index (χ3v) is 3.38. The number of nitrogens with two attached hydrogens (primary N) is 1. The minimum absolute atomic E-state index is 0.0753. The van der Waals surface area contributed by atoms with E-state index in [1.54, 1.807) is 0 Å². The van der Waals surface area contributed by atoms with Crippen molar-refractivity contribution in [2.24, 2.45) is 5.73 Å². The van der Waals surface area contributed by atoms with E-state index in [1.807, 2.05) is 0 Å². The van der Waals surface area contributed by atoms with Gasteiger partial charge in [-0.15, -0.1) is 0 Å². The van der Waals surface area contributed by atoms with Crippen molar-refractivity contribution in [1.82, 2.24) is 5.32 Å². The maximum atomic E-state index is 11.6. The van der Waals surface area contributed by atoms with Gasteiger partial charge in [-0.3, -0.25) is 4.79 Å². The molecule has 0 spiro atoms. The maximum Gasteiger partial charge on any atom is 0.220 e. The van der Waals surface area contributed by atoms with Crippen LogP contribution in [0.1, 0.15) is 51.4 Å². The van der Waals surface area contributed by atoms with Gasteiger partial charge in [-0.1, -0.05) is 12.8 Å². The molecule has 0 saturated heterocycles. The van der Waals surface area contributed by atoms with Crippen LogP contribution in [0.3, 0.4) is 0 Å². The molecular formula is C12H24N2O2. The molecule has 1 saturated carbocycles. The zero-order chi connectivity index (χ0) is 11.9. The number of amides is 1. The van der Waals surface area contributed by atoms with Gasteiger partial charge in [0.1, 0.15) is 0 Å². The fraction of sp³-hybridized carbons (Fsp3) is 0.917. The Morgan fingerprint density at radius 3 is 2.44 bits per heavy atom. The first-order valence-corrected chi connectivity index (χ1v) is 6.34. The van der Waals surface area contributed by atoms with Crippen LogP contribution in [0, 0.1) is 0 Å². The van der Waals surface area contributed by atoms with Crippen LogP contribution in [-0.4, -0.2) is 29.7 Å². The molecule has 1 fully saturated rings. The Balaban J connectivity index is 2.06. The summed E-state index contributed by atoms with van der Waals surface area (Å²) in [4.78, 5) is 11.6. The molecule has 0 aromatic carbocycles. The van der Waals surface area contributed by atoms with Crippen molar-refractivity contribution in [3.63, 3.8) is 0 Å². The first kappa shape index (κ1) is 13.5. The Morgan fingerprint density at radius 2 is 1.94 bits per heavy atom. The van der Waals surface area contributed by atoms with Crippen molar-refractivity contribution in [3.05, 3.63) is 0 Å². The molecule has 0 aromatic heterocycles. The lowest BCUT2D eigenvalue weighted by Crippen LogP contribution is -2.56. The second-order valence-electron chi connectivity index (χ2n) is 4.79. The first-order valence-electron chi connectivity index (χ1n) is 6.34. The molecule has 0 bridgehead atoms. The molecule has 16 heavy (non-hydrogen) atoms. The number of aliphatic hydroxyl groups excluding tert-OH is 1. The van der Waals surface area contributed by atoms with E-state index in [4.69, 9.17) is 5.73 Å². The normalized spacial score (nSPS) is 17.9. The zero-order valence-electron chi connectivity index (χ0n) is 10.0. The summed E-state index contributed by atoms with van der Waals surface area (Å²) >= 11 is 0. The van der Waals surface area contributed by atoms with Crippen molar-refractivity contribution >= 4 is 5.91 Å². The highest BCUT2D eigenvalue weighted by atomic mass is 16.3. The molecule has 4 nitrogen and oxygen atoms in total. The predicted octanol–water partition coefficient (Wildman–Crippen LogP) is 0.927. The van der Waals surface area contributed by atoms with Crippen LogP contribution in [0.4, 0.5) is 0 Å². The highest BCUT2D eigenvalue weighted by Gasteiger charge is 2.37. The molecule has 0 unspecified atom stereocenters. The van der Waals surface area contributed by atoms with Gasteiger partial charge >= 0.3 is 0 Å². The molecule has 1 aliphatic carbocycles. The molecular weight excluding hydrogens is 204 g/mol. The van der Waals surface area contributed by atoms with E-state index < -0.39 is 0 Å². The summed E-state index contributed by atoms with van der Waals surface area (Å²) in [6, 6.07) is 0. The monoisotopic (exact) mass is 228 g/mol. The summed E-state index contributed by atoms with van der Waals surface area (Å²) in [6.45, 7) is 0.811. The van der Waals surface area contributed by atoms with E-state index in [0.717, 1.165) is 51.5 Å².